The lowest BCUT2D eigenvalue weighted by Crippen LogP contribution is -2.54. The molecule has 0 unspecified atom stereocenters. The highest BCUT2D eigenvalue weighted by molar-refractivity contribution is 5.93. The molecular formula is C16H26N4O2. The zero-order chi connectivity index (χ0) is 15.5. The monoisotopic (exact) mass is 306 g/mol. The number of amides is 1. The molecule has 22 heavy (non-hydrogen) atoms. The number of aryl methyl sites for hydroxylation is 1. The number of aromatic nitrogens is 1. The Morgan fingerprint density at radius 2 is 2.00 bits per heavy atom. The van der Waals surface area contributed by atoms with Gasteiger partial charge in [-0.2, -0.15) is 0 Å². The first-order valence-electron chi connectivity index (χ1n) is 8.36. The fourth-order valence-corrected chi connectivity index (χ4v) is 3.57. The van der Waals surface area contributed by atoms with Gasteiger partial charge in [-0.05, 0) is 26.7 Å². The van der Waals surface area contributed by atoms with Crippen molar-refractivity contribution in [2.24, 2.45) is 0 Å². The normalized spacial score (nSPS) is 22.8. The maximum atomic E-state index is 12.3. The molecule has 0 bridgehead atoms. The smallest absolute Gasteiger partial charge is 0.243 e. The Bertz CT molecular complexity index is 502. The summed E-state index contributed by atoms with van der Waals surface area (Å²) in [6.07, 6.45) is 5.45. The Morgan fingerprint density at radius 3 is 2.59 bits per heavy atom. The van der Waals surface area contributed by atoms with Gasteiger partial charge in [-0.1, -0.05) is 18.0 Å². The highest BCUT2D eigenvalue weighted by atomic mass is 16.5. The first-order chi connectivity index (χ1) is 10.6. The summed E-state index contributed by atoms with van der Waals surface area (Å²) < 4.78 is 5.05. The number of hydrogen-bond acceptors (Lipinski definition) is 5. The Kier molecular flexibility index (Phi) is 4.78. The van der Waals surface area contributed by atoms with Crippen molar-refractivity contribution in [1.82, 2.24) is 15.0 Å². The van der Waals surface area contributed by atoms with Gasteiger partial charge in [0.1, 0.15) is 0 Å². The molecule has 1 saturated heterocycles. The molecule has 1 saturated carbocycles. The van der Waals surface area contributed by atoms with E-state index in [0.717, 1.165) is 37.9 Å². The Balaban J connectivity index is 1.48. The van der Waals surface area contributed by atoms with Crippen LogP contribution in [0, 0.1) is 6.92 Å². The zero-order valence-corrected chi connectivity index (χ0v) is 13.5. The van der Waals surface area contributed by atoms with Crippen LogP contribution >= 0.6 is 0 Å². The number of carbonyl (C=O) groups excluding carboxylic acids is 1. The zero-order valence-electron chi connectivity index (χ0n) is 13.5. The molecule has 0 spiro atoms. The molecule has 1 aromatic rings. The standard InChI is InChI=1S/C16H26N4O2/c1-12-11-15(22-18-12)17-16(21)13(2)19-7-9-20(10-8-19)14-5-3-4-6-14/h11,13-14H,3-10H2,1-2H3,(H,17,21)/t13-/m1/s1. The molecule has 1 N–H and O–H groups in total. The van der Waals surface area contributed by atoms with Crippen molar-refractivity contribution in [2.75, 3.05) is 31.5 Å². The minimum Gasteiger partial charge on any atom is -0.338 e. The van der Waals surface area contributed by atoms with Crippen molar-refractivity contribution in [3.8, 4) is 0 Å². The number of hydrogen-bond donors (Lipinski definition) is 1. The summed E-state index contributed by atoms with van der Waals surface area (Å²) in [7, 11) is 0. The summed E-state index contributed by atoms with van der Waals surface area (Å²) in [6, 6.07) is 2.38. The topological polar surface area (TPSA) is 61.6 Å². The third kappa shape index (κ3) is 3.50. The fourth-order valence-electron chi connectivity index (χ4n) is 3.57. The maximum Gasteiger partial charge on any atom is 0.243 e. The first kappa shape index (κ1) is 15.5. The van der Waals surface area contributed by atoms with Crippen LogP contribution in [0.3, 0.4) is 0 Å². The fraction of sp³-hybridized carbons (Fsp3) is 0.750. The molecule has 1 amide bonds. The van der Waals surface area contributed by atoms with E-state index in [2.05, 4.69) is 20.3 Å². The van der Waals surface area contributed by atoms with Gasteiger partial charge in [-0.15, -0.1) is 0 Å². The van der Waals surface area contributed by atoms with Crippen LogP contribution in [-0.2, 0) is 4.79 Å². The molecule has 1 aromatic heterocycles. The van der Waals surface area contributed by atoms with E-state index in [9.17, 15) is 4.79 Å². The minimum absolute atomic E-state index is 0.0227. The summed E-state index contributed by atoms with van der Waals surface area (Å²) in [6.45, 7) is 7.86. The van der Waals surface area contributed by atoms with Crippen LogP contribution < -0.4 is 5.32 Å². The molecular weight excluding hydrogens is 280 g/mol. The van der Waals surface area contributed by atoms with Gasteiger partial charge in [0.05, 0.1) is 11.7 Å². The molecule has 2 fully saturated rings. The van der Waals surface area contributed by atoms with Crippen molar-refractivity contribution in [3.63, 3.8) is 0 Å². The molecule has 0 radical (unpaired) electrons. The quantitative estimate of drug-likeness (QED) is 0.920. The lowest BCUT2D eigenvalue weighted by atomic mass is 10.1. The number of piperazine rings is 1. The van der Waals surface area contributed by atoms with E-state index >= 15 is 0 Å². The Labute approximate surface area is 131 Å². The molecule has 1 aliphatic carbocycles. The van der Waals surface area contributed by atoms with E-state index < -0.39 is 0 Å². The number of carbonyl (C=O) groups is 1. The second kappa shape index (κ2) is 6.79. The number of nitrogens with zero attached hydrogens (tertiary/aromatic N) is 3. The number of nitrogens with one attached hydrogen (secondary N) is 1. The van der Waals surface area contributed by atoms with E-state index in [1.54, 1.807) is 6.07 Å². The van der Waals surface area contributed by atoms with Crippen LogP contribution in [0.2, 0.25) is 0 Å². The van der Waals surface area contributed by atoms with Gasteiger partial charge in [0.2, 0.25) is 11.8 Å². The summed E-state index contributed by atoms with van der Waals surface area (Å²) in [5.41, 5.74) is 0.771. The largest absolute Gasteiger partial charge is 0.338 e. The lowest BCUT2D eigenvalue weighted by molar-refractivity contribution is -0.121. The second-order valence-corrected chi connectivity index (χ2v) is 6.51. The third-order valence-corrected chi connectivity index (χ3v) is 4.99. The molecule has 1 aliphatic heterocycles. The highest BCUT2D eigenvalue weighted by Crippen LogP contribution is 2.24. The number of anilines is 1. The van der Waals surface area contributed by atoms with Crippen LogP contribution in [0.25, 0.3) is 0 Å². The van der Waals surface area contributed by atoms with E-state index in [4.69, 9.17) is 4.52 Å². The van der Waals surface area contributed by atoms with Gasteiger partial charge in [-0.25, -0.2) is 0 Å². The van der Waals surface area contributed by atoms with Crippen LogP contribution in [0.1, 0.15) is 38.3 Å². The average Bonchev–Trinajstić information content (AvgIpc) is 3.18. The van der Waals surface area contributed by atoms with E-state index in [-0.39, 0.29) is 11.9 Å². The molecule has 6 nitrogen and oxygen atoms in total. The molecule has 0 aromatic carbocycles. The molecule has 1 atom stereocenters. The Hall–Kier alpha value is -1.40. The first-order valence-corrected chi connectivity index (χ1v) is 8.36. The third-order valence-electron chi connectivity index (χ3n) is 4.99. The van der Waals surface area contributed by atoms with Crippen molar-refractivity contribution < 1.29 is 9.32 Å². The summed E-state index contributed by atoms with van der Waals surface area (Å²) in [4.78, 5) is 17.2. The van der Waals surface area contributed by atoms with Crippen LogP contribution in [0.15, 0.2) is 10.6 Å². The summed E-state index contributed by atoms with van der Waals surface area (Å²) in [5.74, 6) is 0.407. The average molecular weight is 306 g/mol. The number of rotatable bonds is 4. The highest BCUT2D eigenvalue weighted by Gasteiger charge is 2.30. The molecule has 2 aliphatic rings. The van der Waals surface area contributed by atoms with Gasteiger partial charge in [0, 0.05) is 38.3 Å². The van der Waals surface area contributed by atoms with Gasteiger partial charge < -0.3 is 4.52 Å². The predicted molar refractivity (Wildman–Crippen MR) is 84.7 cm³/mol. The van der Waals surface area contributed by atoms with E-state index in [1.165, 1.54) is 25.7 Å². The lowest BCUT2D eigenvalue weighted by Gasteiger charge is -2.40. The molecule has 2 heterocycles. The van der Waals surface area contributed by atoms with Gasteiger partial charge >= 0.3 is 0 Å². The van der Waals surface area contributed by atoms with Crippen LogP contribution in [-0.4, -0.2) is 59.1 Å². The Morgan fingerprint density at radius 1 is 1.32 bits per heavy atom. The van der Waals surface area contributed by atoms with Crippen molar-refractivity contribution >= 4 is 11.8 Å². The van der Waals surface area contributed by atoms with E-state index in [0.29, 0.717) is 5.88 Å². The molecule has 6 heteroatoms. The van der Waals surface area contributed by atoms with Gasteiger partial charge in [0.25, 0.3) is 0 Å². The molecule has 3 rings (SSSR count). The van der Waals surface area contributed by atoms with Crippen molar-refractivity contribution in [3.05, 3.63) is 11.8 Å². The van der Waals surface area contributed by atoms with E-state index in [1.807, 2.05) is 13.8 Å². The van der Waals surface area contributed by atoms with Crippen molar-refractivity contribution in [2.45, 2.75) is 51.6 Å². The van der Waals surface area contributed by atoms with Crippen LogP contribution in [0.4, 0.5) is 5.88 Å². The summed E-state index contributed by atoms with van der Waals surface area (Å²) >= 11 is 0. The summed E-state index contributed by atoms with van der Waals surface area (Å²) in [5, 5.41) is 6.59. The molecule has 122 valence electrons. The second-order valence-electron chi connectivity index (χ2n) is 6.51. The maximum absolute atomic E-state index is 12.3. The SMILES string of the molecule is Cc1cc(NC(=O)[C@@H](C)N2CCN(C3CCCC3)CC2)on1. The predicted octanol–water partition coefficient (Wildman–Crippen LogP) is 1.87. The van der Waals surface area contributed by atoms with Gasteiger partial charge in [-0.3, -0.25) is 19.9 Å². The van der Waals surface area contributed by atoms with Gasteiger partial charge in [0.15, 0.2) is 0 Å². The van der Waals surface area contributed by atoms with Crippen molar-refractivity contribution in [1.29, 1.82) is 0 Å². The van der Waals surface area contributed by atoms with Crippen LogP contribution in [0.5, 0.6) is 0 Å². The minimum atomic E-state index is -0.142.